The van der Waals surface area contributed by atoms with Crippen molar-refractivity contribution in [3.8, 4) is 0 Å². The number of hydrogen-bond acceptors (Lipinski definition) is 3. The first-order valence-corrected chi connectivity index (χ1v) is 6.59. The zero-order valence-electron chi connectivity index (χ0n) is 11.6. The normalized spacial score (nSPS) is 11.7. The van der Waals surface area contributed by atoms with Gasteiger partial charge in [0, 0.05) is 6.54 Å². The molecule has 1 rings (SSSR count). The first kappa shape index (κ1) is 16.0. The number of nitrogens with one attached hydrogen (secondary N) is 3. The molecule has 1 atom stereocenters. The van der Waals surface area contributed by atoms with E-state index in [0.717, 1.165) is 18.5 Å². The van der Waals surface area contributed by atoms with Crippen molar-refractivity contribution < 1.29 is 14.7 Å². The van der Waals surface area contributed by atoms with Gasteiger partial charge in [-0.05, 0) is 25.6 Å². The first-order valence-electron chi connectivity index (χ1n) is 6.59. The first-order chi connectivity index (χ1) is 9.63. The van der Waals surface area contributed by atoms with Crippen molar-refractivity contribution in [2.24, 2.45) is 0 Å². The monoisotopic (exact) mass is 279 g/mol. The highest BCUT2D eigenvalue weighted by molar-refractivity contribution is 5.76. The van der Waals surface area contributed by atoms with Gasteiger partial charge in [-0.15, -0.1) is 0 Å². The van der Waals surface area contributed by atoms with E-state index in [1.807, 2.05) is 25.2 Å². The van der Waals surface area contributed by atoms with Crippen LogP contribution in [0.4, 0.5) is 4.79 Å². The van der Waals surface area contributed by atoms with E-state index in [0.29, 0.717) is 6.54 Å². The number of aliphatic carboxylic acids is 1. The van der Waals surface area contributed by atoms with Gasteiger partial charge in [0.05, 0.1) is 12.5 Å². The van der Waals surface area contributed by atoms with Crippen LogP contribution >= 0.6 is 0 Å². The molecule has 4 N–H and O–H groups in total. The summed E-state index contributed by atoms with van der Waals surface area (Å²) in [4.78, 5) is 22.6. The van der Waals surface area contributed by atoms with Crippen LogP contribution in [-0.2, 0) is 4.79 Å². The Morgan fingerprint density at radius 1 is 1.20 bits per heavy atom. The summed E-state index contributed by atoms with van der Waals surface area (Å²) in [5.41, 5.74) is 0.778. The Hall–Kier alpha value is -2.08. The van der Waals surface area contributed by atoms with Gasteiger partial charge in [0.1, 0.15) is 0 Å². The molecular formula is C14H21N3O3. The lowest BCUT2D eigenvalue weighted by Gasteiger charge is -2.17. The topological polar surface area (TPSA) is 90.5 Å². The second kappa shape index (κ2) is 8.92. The molecule has 0 spiro atoms. The SMILES string of the molecule is CNCCCNC(=O)NC(CC(=O)O)c1ccccc1. The third-order valence-corrected chi connectivity index (χ3v) is 2.78. The Labute approximate surface area is 118 Å². The van der Waals surface area contributed by atoms with E-state index in [1.54, 1.807) is 12.1 Å². The molecule has 6 heteroatoms. The van der Waals surface area contributed by atoms with Crippen LogP contribution in [0.3, 0.4) is 0 Å². The molecule has 0 fully saturated rings. The molecule has 0 saturated carbocycles. The summed E-state index contributed by atoms with van der Waals surface area (Å²) in [7, 11) is 1.85. The molecule has 0 aliphatic heterocycles. The summed E-state index contributed by atoms with van der Waals surface area (Å²) in [6.45, 7) is 1.36. The second-order valence-electron chi connectivity index (χ2n) is 4.42. The molecule has 1 aromatic rings. The number of carbonyl (C=O) groups excluding carboxylic acids is 1. The van der Waals surface area contributed by atoms with Gasteiger partial charge in [0.15, 0.2) is 0 Å². The average molecular weight is 279 g/mol. The molecule has 0 aliphatic rings. The minimum atomic E-state index is -0.950. The van der Waals surface area contributed by atoms with Gasteiger partial charge >= 0.3 is 12.0 Å². The molecule has 1 aromatic carbocycles. The van der Waals surface area contributed by atoms with Crippen molar-refractivity contribution in [3.63, 3.8) is 0 Å². The number of urea groups is 1. The smallest absolute Gasteiger partial charge is 0.315 e. The highest BCUT2D eigenvalue weighted by Gasteiger charge is 2.17. The molecule has 110 valence electrons. The molecule has 0 aromatic heterocycles. The van der Waals surface area contributed by atoms with Crippen LogP contribution < -0.4 is 16.0 Å². The van der Waals surface area contributed by atoms with E-state index in [4.69, 9.17) is 5.11 Å². The summed E-state index contributed by atoms with van der Waals surface area (Å²) in [6.07, 6.45) is 0.673. The van der Waals surface area contributed by atoms with Crippen molar-refractivity contribution in [2.45, 2.75) is 18.9 Å². The number of carboxylic acids is 1. The number of carbonyl (C=O) groups is 2. The van der Waals surface area contributed by atoms with Crippen molar-refractivity contribution in [2.75, 3.05) is 20.1 Å². The van der Waals surface area contributed by atoms with Crippen molar-refractivity contribution >= 4 is 12.0 Å². The summed E-state index contributed by atoms with van der Waals surface area (Å²) < 4.78 is 0. The van der Waals surface area contributed by atoms with Gasteiger partial charge in [-0.1, -0.05) is 30.3 Å². The molecule has 20 heavy (non-hydrogen) atoms. The summed E-state index contributed by atoms with van der Waals surface area (Å²) >= 11 is 0. The zero-order chi connectivity index (χ0) is 14.8. The number of carboxylic acid groups (broad SMARTS) is 1. The molecule has 0 bridgehead atoms. The Balaban J connectivity index is 2.52. The Kier molecular flexibility index (Phi) is 7.13. The minimum absolute atomic E-state index is 0.145. The Morgan fingerprint density at radius 3 is 2.50 bits per heavy atom. The van der Waals surface area contributed by atoms with Gasteiger partial charge in [0.2, 0.25) is 0 Å². The van der Waals surface area contributed by atoms with Crippen LogP contribution in [0.15, 0.2) is 30.3 Å². The fraction of sp³-hybridized carbons (Fsp3) is 0.429. The quantitative estimate of drug-likeness (QED) is 0.537. The summed E-state index contributed by atoms with van der Waals surface area (Å²) in [5, 5.41) is 17.3. The Morgan fingerprint density at radius 2 is 1.90 bits per heavy atom. The van der Waals surface area contributed by atoms with E-state index in [9.17, 15) is 9.59 Å². The predicted octanol–water partition coefficient (Wildman–Crippen LogP) is 1.11. The van der Waals surface area contributed by atoms with Gasteiger partial charge in [0.25, 0.3) is 0 Å². The van der Waals surface area contributed by atoms with Gasteiger partial charge in [-0.3, -0.25) is 4.79 Å². The minimum Gasteiger partial charge on any atom is -0.481 e. The molecule has 1 unspecified atom stereocenters. The maximum absolute atomic E-state index is 11.7. The number of rotatable bonds is 8. The van der Waals surface area contributed by atoms with E-state index in [1.165, 1.54) is 0 Å². The van der Waals surface area contributed by atoms with Crippen molar-refractivity contribution in [1.29, 1.82) is 0 Å². The van der Waals surface area contributed by atoms with Crippen LogP contribution in [0.5, 0.6) is 0 Å². The zero-order valence-corrected chi connectivity index (χ0v) is 11.6. The predicted molar refractivity (Wildman–Crippen MR) is 76.5 cm³/mol. The number of amides is 2. The third-order valence-electron chi connectivity index (χ3n) is 2.78. The molecular weight excluding hydrogens is 258 g/mol. The van der Waals surface area contributed by atoms with E-state index < -0.39 is 12.0 Å². The molecule has 2 amide bonds. The van der Waals surface area contributed by atoms with E-state index >= 15 is 0 Å². The third kappa shape index (κ3) is 6.19. The van der Waals surface area contributed by atoms with Gasteiger partial charge in [-0.2, -0.15) is 0 Å². The lowest BCUT2D eigenvalue weighted by Crippen LogP contribution is -2.39. The number of benzene rings is 1. The van der Waals surface area contributed by atoms with Gasteiger partial charge in [-0.25, -0.2) is 4.79 Å². The maximum atomic E-state index is 11.7. The second-order valence-corrected chi connectivity index (χ2v) is 4.42. The maximum Gasteiger partial charge on any atom is 0.315 e. The lowest BCUT2D eigenvalue weighted by molar-refractivity contribution is -0.137. The molecule has 0 heterocycles. The van der Waals surface area contributed by atoms with Crippen molar-refractivity contribution in [1.82, 2.24) is 16.0 Å². The van der Waals surface area contributed by atoms with Crippen LogP contribution in [0.25, 0.3) is 0 Å². The van der Waals surface area contributed by atoms with Crippen LogP contribution in [-0.4, -0.2) is 37.2 Å². The summed E-state index contributed by atoms with van der Waals surface area (Å²) in [5.74, 6) is -0.950. The van der Waals surface area contributed by atoms with Crippen LogP contribution in [0.2, 0.25) is 0 Å². The Bertz CT molecular complexity index is 423. The van der Waals surface area contributed by atoms with Crippen LogP contribution in [0.1, 0.15) is 24.4 Å². The largest absolute Gasteiger partial charge is 0.481 e. The fourth-order valence-electron chi connectivity index (χ4n) is 1.79. The fourth-order valence-corrected chi connectivity index (χ4v) is 1.79. The van der Waals surface area contributed by atoms with E-state index in [-0.39, 0.29) is 12.5 Å². The molecule has 0 radical (unpaired) electrons. The lowest BCUT2D eigenvalue weighted by atomic mass is 10.0. The average Bonchev–Trinajstić information content (AvgIpc) is 2.43. The summed E-state index contributed by atoms with van der Waals surface area (Å²) in [6, 6.07) is 8.20. The van der Waals surface area contributed by atoms with Crippen LogP contribution in [0, 0.1) is 0 Å². The molecule has 0 saturated heterocycles. The standard InChI is InChI=1S/C14H21N3O3/c1-15-8-5-9-16-14(20)17-12(10-13(18)19)11-6-3-2-4-7-11/h2-4,6-7,12,15H,5,8-10H2,1H3,(H,18,19)(H2,16,17,20). The van der Waals surface area contributed by atoms with Crippen molar-refractivity contribution in [3.05, 3.63) is 35.9 Å². The molecule has 6 nitrogen and oxygen atoms in total. The number of hydrogen-bond donors (Lipinski definition) is 4. The highest BCUT2D eigenvalue weighted by Crippen LogP contribution is 2.16. The highest BCUT2D eigenvalue weighted by atomic mass is 16.4. The van der Waals surface area contributed by atoms with Gasteiger partial charge < -0.3 is 21.1 Å². The van der Waals surface area contributed by atoms with E-state index in [2.05, 4.69) is 16.0 Å². The molecule has 0 aliphatic carbocycles.